The number of nitrogens with zero attached hydrogens (tertiary/aromatic N) is 1. The molecule has 150 valence electrons. The topological polar surface area (TPSA) is 110 Å². The first-order valence-electron chi connectivity index (χ1n) is 8.44. The monoisotopic (exact) mass is 402 g/mol. The third-order valence-electron chi connectivity index (χ3n) is 4.41. The Hall–Kier alpha value is -3.64. The first-order valence-corrected chi connectivity index (χ1v) is 8.44. The molecule has 6 nitrogen and oxygen atoms in total. The summed E-state index contributed by atoms with van der Waals surface area (Å²) in [4.78, 5) is 0. The van der Waals surface area contributed by atoms with Crippen LogP contribution in [0.5, 0.6) is 5.75 Å². The summed E-state index contributed by atoms with van der Waals surface area (Å²) in [5.41, 5.74) is 8.26. The van der Waals surface area contributed by atoms with Gasteiger partial charge in [-0.05, 0) is 25.1 Å². The quantitative estimate of drug-likeness (QED) is 0.339. The van der Waals surface area contributed by atoms with Crippen molar-refractivity contribution in [1.29, 1.82) is 5.26 Å². The highest BCUT2D eigenvalue weighted by atomic mass is 19.4. The normalized spacial score (nSPS) is 12.4. The lowest BCUT2D eigenvalue weighted by atomic mass is 10.1. The average molecular weight is 402 g/mol. The molecule has 0 fully saturated rings. The van der Waals surface area contributed by atoms with Crippen molar-refractivity contribution in [2.24, 2.45) is 11.6 Å². The maximum atomic E-state index is 13.2. The molecule has 5 N–H and O–H groups in total. The van der Waals surface area contributed by atoms with Crippen LogP contribution in [-0.4, -0.2) is 0 Å². The summed E-state index contributed by atoms with van der Waals surface area (Å²) in [5.74, 6) is 5.94. The molecule has 0 bridgehead atoms. The second-order valence-electron chi connectivity index (χ2n) is 6.19. The summed E-state index contributed by atoms with van der Waals surface area (Å²) in [7, 11) is 0. The van der Waals surface area contributed by atoms with Gasteiger partial charge in [0.25, 0.3) is 0 Å². The number of hydrogen-bond donors (Lipinski definition) is 3. The zero-order valence-corrected chi connectivity index (χ0v) is 15.3. The van der Waals surface area contributed by atoms with E-state index in [4.69, 9.17) is 26.0 Å². The number of benzene rings is 2. The van der Waals surface area contributed by atoms with Gasteiger partial charge in [-0.2, -0.15) is 18.4 Å². The van der Waals surface area contributed by atoms with Gasteiger partial charge in [0.2, 0.25) is 0 Å². The van der Waals surface area contributed by atoms with E-state index in [9.17, 15) is 13.2 Å². The highest BCUT2D eigenvalue weighted by Crippen LogP contribution is 2.38. The molecule has 0 amide bonds. The minimum absolute atomic E-state index is 0.00467. The van der Waals surface area contributed by atoms with E-state index >= 15 is 0 Å². The van der Waals surface area contributed by atoms with Crippen LogP contribution in [-0.2, 0) is 12.8 Å². The fraction of sp³-hybridized carbons (Fsp3) is 0.150. The number of nitrogens with two attached hydrogens (primary N) is 2. The zero-order valence-electron chi connectivity index (χ0n) is 15.3. The van der Waals surface area contributed by atoms with Crippen LogP contribution < -0.4 is 21.7 Å². The largest absolute Gasteiger partial charge is 0.486 e. The summed E-state index contributed by atoms with van der Waals surface area (Å²) in [6.45, 7) is 1.60. The molecule has 9 heteroatoms. The molecule has 1 heterocycles. The van der Waals surface area contributed by atoms with Gasteiger partial charge in [0, 0.05) is 16.5 Å². The van der Waals surface area contributed by atoms with Crippen molar-refractivity contribution in [3.05, 3.63) is 70.6 Å². The molecule has 0 radical (unpaired) electrons. The van der Waals surface area contributed by atoms with E-state index in [1.165, 1.54) is 6.07 Å². The lowest BCUT2D eigenvalue weighted by Crippen LogP contribution is -2.23. The number of aryl methyl sites for hydroxylation is 1. The molecule has 1 aromatic heterocycles. The van der Waals surface area contributed by atoms with Crippen molar-refractivity contribution in [3.63, 3.8) is 0 Å². The number of alkyl halides is 3. The first-order chi connectivity index (χ1) is 13.8. The van der Waals surface area contributed by atoms with Crippen LogP contribution >= 0.6 is 0 Å². The van der Waals surface area contributed by atoms with Crippen LogP contribution in [0.3, 0.4) is 0 Å². The second-order valence-corrected chi connectivity index (χ2v) is 6.19. The maximum Gasteiger partial charge on any atom is 0.420 e. The van der Waals surface area contributed by atoms with E-state index < -0.39 is 11.7 Å². The molecule has 2 aromatic carbocycles. The number of fused-ring (bicyclic) bond motifs is 1. The molecule has 0 saturated carbocycles. The number of halogens is 3. The van der Waals surface area contributed by atoms with E-state index in [-0.39, 0.29) is 29.3 Å². The number of ether oxygens (including phenoxy) is 1. The molecule has 0 atom stereocenters. The number of hydrazine groups is 1. The Labute approximate surface area is 164 Å². The molecular weight excluding hydrogens is 385 g/mol. The van der Waals surface area contributed by atoms with Crippen molar-refractivity contribution >= 4 is 16.7 Å². The number of nitrogens with one attached hydrogen (secondary N) is 1. The highest BCUT2D eigenvalue weighted by molar-refractivity contribution is 5.85. The number of hydrogen-bond acceptors (Lipinski definition) is 6. The van der Waals surface area contributed by atoms with Crippen molar-refractivity contribution in [3.8, 4) is 11.8 Å². The lowest BCUT2D eigenvalue weighted by Gasteiger charge is -2.09. The van der Waals surface area contributed by atoms with Crippen LogP contribution in [0.15, 0.2) is 52.6 Å². The van der Waals surface area contributed by atoms with E-state index in [0.717, 1.165) is 6.07 Å². The van der Waals surface area contributed by atoms with Crippen LogP contribution in [0.25, 0.3) is 16.7 Å². The minimum atomic E-state index is -4.52. The lowest BCUT2D eigenvalue weighted by molar-refractivity contribution is -0.136. The fourth-order valence-electron chi connectivity index (χ4n) is 2.87. The average Bonchev–Trinajstić information content (AvgIpc) is 3.02. The van der Waals surface area contributed by atoms with Crippen molar-refractivity contribution in [1.82, 2.24) is 5.43 Å². The van der Waals surface area contributed by atoms with Crippen LogP contribution in [0, 0.1) is 18.3 Å². The first kappa shape index (κ1) is 20.1. The smallest absolute Gasteiger partial charge is 0.420 e. The fourth-order valence-corrected chi connectivity index (χ4v) is 2.87. The van der Waals surface area contributed by atoms with E-state index in [2.05, 4.69) is 5.43 Å². The Kier molecular flexibility index (Phi) is 5.39. The Morgan fingerprint density at radius 1 is 1.24 bits per heavy atom. The van der Waals surface area contributed by atoms with Gasteiger partial charge in [0.15, 0.2) is 5.70 Å². The number of nitriles is 1. The molecule has 0 aliphatic carbocycles. The molecule has 0 unspecified atom stereocenters. The Morgan fingerprint density at radius 2 is 1.97 bits per heavy atom. The van der Waals surface area contributed by atoms with E-state index in [1.807, 2.05) is 6.07 Å². The second kappa shape index (κ2) is 7.77. The van der Waals surface area contributed by atoms with Gasteiger partial charge in [-0.15, -0.1) is 0 Å². The van der Waals surface area contributed by atoms with Gasteiger partial charge in [0.05, 0.1) is 11.3 Å². The van der Waals surface area contributed by atoms with Gasteiger partial charge in [-0.1, -0.05) is 24.3 Å². The van der Waals surface area contributed by atoms with Gasteiger partial charge in [0.1, 0.15) is 29.8 Å². The third-order valence-corrected chi connectivity index (χ3v) is 4.41. The predicted molar refractivity (Wildman–Crippen MR) is 101 cm³/mol. The number of rotatable bonds is 5. The van der Waals surface area contributed by atoms with Gasteiger partial charge < -0.3 is 20.3 Å². The minimum Gasteiger partial charge on any atom is -0.486 e. The summed E-state index contributed by atoms with van der Waals surface area (Å²) in [6.07, 6.45) is -4.52. The number of para-hydroxylation sites is 1. The summed E-state index contributed by atoms with van der Waals surface area (Å²) >= 11 is 0. The standard InChI is InChI=1S/C20H17F3N4O2/c1-11-14-6-3-7-15(20(21,22)23)19(14)29-17(11)10-28-13-5-2-4-12(8-13)18(25)16(9-24)27-26/h2-8,27H,10,25-26H2,1H3/b18-16-. The highest BCUT2D eigenvalue weighted by Gasteiger charge is 2.34. The van der Waals surface area contributed by atoms with Crippen LogP contribution in [0.4, 0.5) is 13.2 Å². The van der Waals surface area contributed by atoms with Crippen molar-refractivity contribution < 1.29 is 22.3 Å². The molecular formula is C20H17F3N4O2. The van der Waals surface area contributed by atoms with Crippen LogP contribution in [0.1, 0.15) is 22.5 Å². The molecule has 0 aliphatic heterocycles. The summed E-state index contributed by atoms with van der Waals surface area (Å²) < 4.78 is 50.8. The molecule has 3 aromatic rings. The predicted octanol–water partition coefficient (Wildman–Crippen LogP) is 3.95. The van der Waals surface area contributed by atoms with E-state index in [1.54, 1.807) is 37.3 Å². The summed E-state index contributed by atoms with van der Waals surface area (Å²) in [5, 5.41) is 9.39. The molecule has 3 rings (SSSR count). The Bertz CT molecular complexity index is 1130. The van der Waals surface area contributed by atoms with E-state index in [0.29, 0.717) is 22.3 Å². The number of furan rings is 1. The molecule has 29 heavy (non-hydrogen) atoms. The Balaban J connectivity index is 1.89. The van der Waals surface area contributed by atoms with Gasteiger partial charge in [-0.25, -0.2) is 5.84 Å². The Morgan fingerprint density at radius 3 is 2.62 bits per heavy atom. The van der Waals surface area contributed by atoms with Crippen molar-refractivity contribution in [2.75, 3.05) is 0 Å². The van der Waals surface area contributed by atoms with Gasteiger partial charge in [-0.3, -0.25) is 0 Å². The molecule has 0 spiro atoms. The van der Waals surface area contributed by atoms with Crippen LogP contribution in [0.2, 0.25) is 0 Å². The zero-order chi connectivity index (χ0) is 21.2. The molecule has 0 aliphatic rings. The molecule has 0 saturated heterocycles. The number of allylic oxidation sites excluding steroid dienone is 1. The van der Waals surface area contributed by atoms with Crippen molar-refractivity contribution in [2.45, 2.75) is 19.7 Å². The maximum absolute atomic E-state index is 13.2. The SMILES string of the molecule is Cc1c(COc2cccc(/C(N)=C(\C#N)NN)c2)oc2c(C(F)(F)F)cccc12. The summed E-state index contributed by atoms with van der Waals surface area (Å²) in [6, 6.07) is 12.3. The third kappa shape index (κ3) is 3.97. The van der Waals surface area contributed by atoms with Gasteiger partial charge >= 0.3 is 6.18 Å².